The summed E-state index contributed by atoms with van der Waals surface area (Å²) in [6.45, 7) is 0.884. The molecule has 5 heteroatoms. The highest BCUT2D eigenvalue weighted by atomic mass is 35.5. The van der Waals surface area contributed by atoms with Crippen LogP contribution in [0.1, 0.15) is 19.3 Å². The molecule has 1 saturated heterocycles. The van der Waals surface area contributed by atoms with E-state index in [0.717, 1.165) is 0 Å². The van der Waals surface area contributed by atoms with Gasteiger partial charge in [0, 0.05) is 25.5 Å². The van der Waals surface area contributed by atoms with Crippen LogP contribution in [0.5, 0.6) is 0 Å². The van der Waals surface area contributed by atoms with E-state index in [9.17, 15) is 8.78 Å². The normalized spacial score (nSPS) is 27.5. The van der Waals surface area contributed by atoms with Gasteiger partial charge in [0.15, 0.2) is 0 Å². The average molecular weight is 216 g/mol. The van der Waals surface area contributed by atoms with Crippen LogP contribution in [-0.2, 0) is 0 Å². The fraction of sp³-hybridized carbons (Fsp3) is 1.00. The number of aliphatic hydroxyl groups is 1. The Kier molecular flexibility index (Phi) is 5.76. The summed E-state index contributed by atoms with van der Waals surface area (Å²) >= 11 is 0. The largest absolute Gasteiger partial charge is 0.396 e. The molecule has 1 unspecified atom stereocenters. The first-order valence-corrected chi connectivity index (χ1v) is 4.36. The van der Waals surface area contributed by atoms with Gasteiger partial charge >= 0.3 is 0 Å². The molecule has 0 amide bonds. The molecule has 0 bridgehead atoms. The van der Waals surface area contributed by atoms with Gasteiger partial charge in [0.1, 0.15) is 0 Å². The van der Waals surface area contributed by atoms with Crippen LogP contribution in [0.25, 0.3) is 0 Å². The van der Waals surface area contributed by atoms with E-state index in [2.05, 4.69) is 5.32 Å². The Morgan fingerprint density at radius 3 is 2.69 bits per heavy atom. The lowest BCUT2D eigenvalue weighted by Crippen LogP contribution is -2.28. The van der Waals surface area contributed by atoms with Crippen molar-refractivity contribution in [2.24, 2.45) is 5.92 Å². The topological polar surface area (TPSA) is 32.3 Å². The van der Waals surface area contributed by atoms with Crippen molar-refractivity contribution in [3.05, 3.63) is 0 Å². The van der Waals surface area contributed by atoms with E-state index in [-0.39, 0.29) is 31.9 Å². The standard InChI is InChI=1S/C8H15F2NO.ClH/c9-8(10)3-5-11-4-1-7(8)2-6-12;/h7,11-12H,1-6H2;1H. The molecule has 0 aromatic rings. The van der Waals surface area contributed by atoms with Gasteiger partial charge in [0.2, 0.25) is 0 Å². The average Bonchev–Trinajstić information content (AvgIpc) is 2.15. The van der Waals surface area contributed by atoms with Crippen molar-refractivity contribution in [3.8, 4) is 0 Å². The molecule has 1 atom stereocenters. The van der Waals surface area contributed by atoms with Crippen molar-refractivity contribution in [1.29, 1.82) is 0 Å². The Balaban J connectivity index is 0.00000144. The van der Waals surface area contributed by atoms with Crippen molar-refractivity contribution in [1.82, 2.24) is 5.32 Å². The Bertz CT molecular complexity index is 146. The molecule has 80 valence electrons. The Morgan fingerprint density at radius 1 is 1.38 bits per heavy atom. The molecule has 13 heavy (non-hydrogen) atoms. The summed E-state index contributed by atoms with van der Waals surface area (Å²) < 4.78 is 26.3. The molecule has 1 aliphatic rings. The minimum absolute atomic E-state index is 0. The molecule has 1 aliphatic heterocycles. The number of hydrogen-bond acceptors (Lipinski definition) is 2. The third kappa shape index (κ3) is 3.75. The van der Waals surface area contributed by atoms with Crippen LogP contribution in [0.15, 0.2) is 0 Å². The van der Waals surface area contributed by atoms with Crippen LogP contribution in [-0.4, -0.2) is 30.7 Å². The molecular formula is C8H16ClF2NO. The summed E-state index contributed by atoms with van der Waals surface area (Å²) in [5, 5.41) is 11.5. The monoisotopic (exact) mass is 215 g/mol. The van der Waals surface area contributed by atoms with Crippen LogP contribution in [0.4, 0.5) is 8.78 Å². The molecule has 0 aromatic carbocycles. The third-order valence-electron chi connectivity index (χ3n) is 2.38. The van der Waals surface area contributed by atoms with Gasteiger partial charge in [-0.3, -0.25) is 0 Å². The molecule has 1 heterocycles. The van der Waals surface area contributed by atoms with E-state index < -0.39 is 11.8 Å². The van der Waals surface area contributed by atoms with Crippen LogP contribution in [0, 0.1) is 5.92 Å². The maximum Gasteiger partial charge on any atom is 0.252 e. The predicted octanol–water partition coefficient (Wildman–Crippen LogP) is 1.43. The summed E-state index contributed by atoms with van der Waals surface area (Å²) in [6, 6.07) is 0. The zero-order valence-electron chi connectivity index (χ0n) is 7.43. The molecule has 0 spiro atoms. The van der Waals surface area contributed by atoms with Crippen molar-refractivity contribution in [2.75, 3.05) is 19.7 Å². The second-order valence-corrected chi connectivity index (χ2v) is 3.26. The first-order chi connectivity index (χ1) is 5.67. The molecule has 0 radical (unpaired) electrons. The summed E-state index contributed by atoms with van der Waals surface area (Å²) in [6.07, 6.45) is 0.583. The smallest absolute Gasteiger partial charge is 0.252 e. The van der Waals surface area contributed by atoms with Crippen molar-refractivity contribution >= 4 is 12.4 Å². The summed E-state index contributed by atoms with van der Waals surface area (Å²) in [5.41, 5.74) is 0. The van der Waals surface area contributed by atoms with Crippen LogP contribution < -0.4 is 5.32 Å². The fourth-order valence-electron chi connectivity index (χ4n) is 1.58. The van der Waals surface area contributed by atoms with Crippen molar-refractivity contribution in [2.45, 2.75) is 25.2 Å². The Morgan fingerprint density at radius 2 is 2.08 bits per heavy atom. The molecule has 0 aliphatic carbocycles. The van der Waals surface area contributed by atoms with Gasteiger partial charge in [-0.2, -0.15) is 0 Å². The summed E-state index contributed by atoms with van der Waals surface area (Å²) in [4.78, 5) is 0. The van der Waals surface area contributed by atoms with E-state index in [1.165, 1.54) is 0 Å². The second kappa shape index (κ2) is 5.73. The predicted molar refractivity (Wildman–Crippen MR) is 49.5 cm³/mol. The number of rotatable bonds is 2. The van der Waals surface area contributed by atoms with Crippen molar-refractivity contribution < 1.29 is 13.9 Å². The highest BCUT2D eigenvalue weighted by Gasteiger charge is 2.39. The third-order valence-corrected chi connectivity index (χ3v) is 2.38. The van der Waals surface area contributed by atoms with Gasteiger partial charge in [-0.1, -0.05) is 0 Å². The van der Waals surface area contributed by atoms with Gasteiger partial charge in [-0.05, 0) is 19.4 Å². The summed E-state index contributed by atoms with van der Waals surface area (Å²) in [7, 11) is 0. The lowest BCUT2D eigenvalue weighted by Gasteiger charge is -2.23. The molecular weight excluding hydrogens is 200 g/mol. The zero-order valence-corrected chi connectivity index (χ0v) is 8.25. The Hall–Kier alpha value is 0.0700. The van der Waals surface area contributed by atoms with Crippen LogP contribution in [0.2, 0.25) is 0 Å². The number of aliphatic hydroxyl groups excluding tert-OH is 1. The maximum absolute atomic E-state index is 13.2. The van der Waals surface area contributed by atoms with E-state index in [1.54, 1.807) is 0 Å². The van der Waals surface area contributed by atoms with Crippen molar-refractivity contribution in [3.63, 3.8) is 0 Å². The molecule has 0 aromatic heterocycles. The molecule has 0 saturated carbocycles. The second-order valence-electron chi connectivity index (χ2n) is 3.26. The number of halogens is 3. The minimum atomic E-state index is -2.59. The lowest BCUT2D eigenvalue weighted by atomic mass is 9.93. The fourth-order valence-corrected chi connectivity index (χ4v) is 1.58. The highest BCUT2D eigenvalue weighted by molar-refractivity contribution is 5.85. The van der Waals surface area contributed by atoms with Gasteiger partial charge in [-0.15, -0.1) is 12.4 Å². The van der Waals surface area contributed by atoms with E-state index in [4.69, 9.17) is 5.11 Å². The number of hydrogen-bond donors (Lipinski definition) is 2. The van der Waals surface area contributed by atoms with Crippen LogP contribution >= 0.6 is 12.4 Å². The number of alkyl halides is 2. The van der Waals surface area contributed by atoms with Gasteiger partial charge in [0.05, 0.1) is 0 Å². The molecule has 1 rings (SSSR count). The molecule has 2 N–H and O–H groups in total. The first kappa shape index (κ1) is 13.1. The van der Waals surface area contributed by atoms with E-state index >= 15 is 0 Å². The highest BCUT2D eigenvalue weighted by Crippen LogP contribution is 2.33. The number of nitrogens with one attached hydrogen (secondary N) is 1. The first-order valence-electron chi connectivity index (χ1n) is 4.36. The lowest BCUT2D eigenvalue weighted by molar-refractivity contribution is -0.0673. The summed E-state index contributed by atoms with van der Waals surface area (Å²) in [5.74, 6) is -3.23. The SMILES string of the molecule is Cl.OCCC1CCNCCC1(F)F. The molecule has 1 fully saturated rings. The Labute approximate surface area is 83.1 Å². The minimum Gasteiger partial charge on any atom is -0.396 e. The zero-order chi connectivity index (χ0) is 9.03. The maximum atomic E-state index is 13.2. The van der Waals surface area contributed by atoms with E-state index in [1.807, 2.05) is 0 Å². The molecule has 2 nitrogen and oxygen atoms in total. The quantitative estimate of drug-likeness (QED) is 0.731. The van der Waals surface area contributed by atoms with Crippen LogP contribution in [0.3, 0.4) is 0 Å². The van der Waals surface area contributed by atoms with Gasteiger partial charge in [-0.25, -0.2) is 8.78 Å². The van der Waals surface area contributed by atoms with E-state index in [0.29, 0.717) is 19.5 Å². The van der Waals surface area contributed by atoms with Gasteiger partial charge in [0.25, 0.3) is 5.92 Å². The van der Waals surface area contributed by atoms with Gasteiger partial charge < -0.3 is 10.4 Å².